The Morgan fingerprint density at radius 2 is 2.04 bits per heavy atom. The second kappa shape index (κ2) is 7.24. The van der Waals surface area contributed by atoms with Gasteiger partial charge in [-0.3, -0.25) is 9.59 Å². The van der Waals surface area contributed by atoms with Crippen LogP contribution in [0.1, 0.15) is 33.8 Å². The van der Waals surface area contributed by atoms with Gasteiger partial charge in [0, 0.05) is 30.2 Å². The van der Waals surface area contributed by atoms with Crippen LogP contribution in [0, 0.1) is 6.92 Å². The van der Waals surface area contributed by atoms with Crippen LogP contribution in [0.4, 0.5) is 11.4 Å². The van der Waals surface area contributed by atoms with Crippen molar-refractivity contribution in [3.63, 3.8) is 0 Å². The molecular weight excluding hydrogens is 362 g/mol. The number of anilines is 2. The summed E-state index contributed by atoms with van der Waals surface area (Å²) in [7, 11) is 0. The number of hydrogen-bond acceptors (Lipinski definition) is 6. The third kappa shape index (κ3) is 3.70. The van der Waals surface area contributed by atoms with Crippen molar-refractivity contribution in [1.82, 2.24) is 15.0 Å². The lowest BCUT2D eigenvalue weighted by Gasteiger charge is -2.10. The summed E-state index contributed by atoms with van der Waals surface area (Å²) in [5, 5.41) is 6.43. The Labute approximate surface area is 159 Å². The highest BCUT2D eigenvalue weighted by Gasteiger charge is 2.19. The zero-order chi connectivity index (χ0) is 18.8. The van der Waals surface area contributed by atoms with Gasteiger partial charge in [-0.2, -0.15) is 0 Å². The fraction of sp³-hybridized carbons (Fsp3) is 0.211. The van der Waals surface area contributed by atoms with E-state index in [4.69, 9.17) is 0 Å². The molecule has 0 atom stereocenters. The topological polar surface area (TPSA) is 96.9 Å². The monoisotopic (exact) mass is 379 g/mol. The van der Waals surface area contributed by atoms with Crippen LogP contribution in [0.3, 0.4) is 0 Å². The van der Waals surface area contributed by atoms with Gasteiger partial charge in [0.25, 0.3) is 5.91 Å². The number of aromatic nitrogens is 3. The van der Waals surface area contributed by atoms with Crippen molar-refractivity contribution < 1.29 is 9.59 Å². The molecule has 0 radical (unpaired) electrons. The average Bonchev–Trinajstić information content (AvgIpc) is 2.96. The van der Waals surface area contributed by atoms with Gasteiger partial charge in [0.15, 0.2) is 10.8 Å². The molecule has 3 aromatic rings. The van der Waals surface area contributed by atoms with E-state index in [9.17, 15) is 9.59 Å². The third-order valence-corrected chi connectivity index (χ3v) is 5.40. The molecule has 0 spiro atoms. The summed E-state index contributed by atoms with van der Waals surface area (Å²) in [6, 6.07) is 7.27. The molecule has 8 heteroatoms. The largest absolute Gasteiger partial charge is 0.326 e. The first-order valence-corrected chi connectivity index (χ1v) is 9.41. The van der Waals surface area contributed by atoms with Crippen molar-refractivity contribution in [2.24, 2.45) is 0 Å². The molecule has 0 fully saturated rings. The lowest BCUT2D eigenvalue weighted by Crippen LogP contribution is -2.12. The summed E-state index contributed by atoms with van der Waals surface area (Å²) in [5.41, 5.74) is 3.17. The van der Waals surface area contributed by atoms with Crippen LogP contribution in [-0.2, 0) is 11.2 Å². The molecule has 1 aromatic carbocycles. The maximum atomic E-state index is 12.7. The normalized spacial score (nSPS) is 13.4. The Hall–Kier alpha value is -3.13. The Kier molecular flexibility index (Phi) is 4.64. The summed E-state index contributed by atoms with van der Waals surface area (Å²) in [5.74, 6) is 0.316. The van der Waals surface area contributed by atoms with Gasteiger partial charge in [-0.25, -0.2) is 15.0 Å². The first kappa shape index (κ1) is 17.3. The van der Waals surface area contributed by atoms with Crippen molar-refractivity contribution in [3.05, 3.63) is 52.8 Å². The first-order chi connectivity index (χ1) is 13.1. The molecule has 3 heterocycles. The van der Waals surface area contributed by atoms with E-state index >= 15 is 0 Å². The quantitative estimate of drug-likeness (QED) is 0.727. The Bertz CT molecular complexity index is 1020. The predicted molar refractivity (Wildman–Crippen MR) is 104 cm³/mol. The Balaban J connectivity index is 1.55. The molecule has 7 nitrogen and oxygen atoms in total. The van der Waals surface area contributed by atoms with Crippen LogP contribution in [0.2, 0.25) is 0 Å². The summed E-state index contributed by atoms with van der Waals surface area (Å²) in [4.78, 5) is 37.7. The highest BCUT2D eigenvalue weighted by atomic mass is 32.1. The molecule has 0 aliphatic carbocycles. The van der Waals surface area contributed by atoms with Gasteiger partial charge in [-0.1, -0.05) is 0 Å². The number of nitrogens with one attached hydrogen (secondary N) is 2. The van der Waals surface area contributed by atoms with Gasteiger partial charge in [0.05, 0.1) is 5.69 Å². The van der Waals surface area contributed by atoms with Crippen LogP contribution in [0.15, 0.2) is 36.7 Å². The number of fused-ring (bicyclic) bond motifs is 1. The van der Waals surface area contributed by atoms with Gasteiger partial charge in [-0.15, -0.1) is 11.3 Å². The van der Waals surface area contributed by atoms with Crippen molar-refractivity contribution in [3.8, 4) is 10.8 Å². The fourth-order valence-corrected chi connectivity index (χ4v) is 3.86. The van der Waals surface area contributed by atoms with E-state index < -0.39 is 0 Å². The average molecular weight is 379 g/mol. The minimum Gasteiger partial charge on any atom is -0.326 e. The lowest BCUT2D eigenvalue weighted by molar-refractivity contribution is -0.116. The minimum absolute atomic E-state index is 0.0291. The Morgan fingerprint density at radius 1 is 1.22 bits per heavy atom. The van der Waals surface area contributed by atoms with Gasteiger partial charge in [0.2, 0.25) is 5.91 Å². The highest BCUT2D eigenvalue weighted by molar-refractivity contribution is 7.17. The van der Waals surface area contributed by atoms with E-state index in [2.05, 4.69) is 25.6 Å². The van der Waals surface area contributed by atoms with Crippen LogP contribution in [0.25, 0.3) is 10.8 Å². The molecular formula is C19H17N5O2S. The first-order valence-electron chi connectivity index (χ1n) is 8.59. The van der Waals surface area contributed by atoms with Gasteiger partial charge in [0.1, 0.15) is 4.88 Å². The number of benzene rings is 1. The van der Waals surface area contributed by atoms with Crippen molar-refractivity contribution in [2.75, 3.05) is 10.6 Å². The molecule has 2 N–H and O–H groups in total. The second-order valence-corrected chi connectivity index (χ2v) is 7.23. The molecule has 2 aromatic heterocycles. The van der Waals surface area contributed by atoms with E-state index in [1.54, 1.807) is 31.5 Å². The molecule has 1 aliphatic heterocycles. The fourth-order valence-electron chi connectivity index (χ4n) is 2.95. The number of nitrogens with zero attached hydrogens (tertiary/aromatic N) is 3. The smallest absolute Gasteiger partial charge is 0.267 e. The van der Waals surface area contributed by atoms with Crippen LogP contribution in [-0.4, -0.2) is 26.8 Å². The zero-order valence-corrected chi connectivity index (χ0v) is 15.5. The number of hydrogen-bond donors (Lipinski definition) is 2. The van der Waals surface area contributed by atoms with E-state index in [1.165, 1.54) is 11.3 Å². The number of thiazole rings is 1. The standard InChI is InChI=1S/C19H17N5O2S/c1-11-16(27-19(22-11)17-20-8-3-9-21-17)18(26)23-13-6-7-14-12(10-13)4-2-5-15(25)24-14/h3,6-10H,2,4-5H2,1H3,(H,23,26)(H,24,25). The maximum absolute atomic E-state index is 12.7. The van der Waals surface area contributed by atoms with E-state index in [-0.39, 0.29) is 11.8 Å². The molecule has 0 unspecified atom stereocenters. The molecule has 2 amide bonds. The molecule has 1 aliphatic rings. The number of carbonyl (C=O) groups excluding carboxylic acids is 2. The molecule has 136 valence electrons. The van der Waals surface area contributed by atoms with Crippen molar-refractivity contribution in [1.29, 1.82) is 0 Å². The van der Waals surface area contributed by atoms with Gasteiger partial charge in [-0.05, 0) is 49.6 Å². The Morgan fingerprint density at radius 3 is 2.85 bits per heavy atom. The number of rotatable bonds is 3. The van der Waals surface area contributed by atoms with Crippen LogP contribution < -0.4 is 10.6 Å². The highest BCUT2D eigenvalue weighted by Crippen LogP contribution is 2.28. The molecule has 27 heavy (non-hydrogen) atoms. The van der Waals surface area contributed by atoms with Gasteiger partial charge >= 0.3 is 0 Å². The van der Waals surface area contributed by atoms with Crippen LogP contribution in [0.5, 0.6) is 0 Å². The number of carbonyl (C=O) groups is 2. The van der Waals surface area contributed by atoms with Gasteiger partial charge < -0.3 is 10.6 Å². The zero-order valence-electron chi connectivity index (χ0n) is 14.7. The number of aryl methyl sites for hydroxylation is 2. The summed E-state index contributed by atoms with van der Waals surface area (Å²) < 4.78 is 0. The van der Waals surface area contributed by atoms with Crippen molar-refractivity contribution >= 4 is 34.5 Å². The van der Waals surface area contributed by atoms with E-state index in [1.807, 2.05) is 12.1 Å². The predicted octanol–water partition coefficient (Wildman–Crippen LogP) is 3.44. The molecule has 0 bridgehead atoms. The summed E-state index contributed by atoms with van der Waals surface area (Å²) >= 11 is 1.27. The SMILES string of the molecule is Cc1nc(-c2ncccn2)sc1C(=O)Nc1ccc2c(c1)CCCC(=O)N2. The maximum Gasteiger partial charge on any atom is 0.267 e. The third-order valence-electron chi connectivity index (χ3n) is 4.25. The molecule has 4 rings (SSSR count). The van der Waals surface area contributed by atoms with Crippen LogP contribution >= 0.6 is 11.3 Å². The summed E-state index contributed by atoms with van der Waals surface area (Å²) in [6.07, 6.45) is 5.40. The number of amides is 2. The molecule has 0 saturated heterocycles. The van der Waals surface area contributed by atoms with E-state index in [0.717, 1.165) is 24.1 Å². The summed E-state index contributed by atoms with van der Waals surface area (Å²) in [6.45, 7) is 1.80. The minimum atomic E-state index is -0.218. The molecule has 0 saturated carbocycles. The van der Waals surface area contributed by atoms with E-state index in [0.29, 0.717) is 33.5 Å². The van der Waals surface area contributed by atoms with Crippen molar-refractivity contribution in [2.45, 2.75) is 26.2 Å². The second-order valence-electron chi connectivity index (χ2n) is 6.23. The lowest BCUT2D eigenvalue weighted by atomic mass is 10.1.